The van der Waals surface area contributed by atoms with Crippen molar-refractivity contribution >= 4 is 23.1 Å². The number of unbranched alkanes of at least 4 members (excludes halogenated alkanes) is 1. The molecule has 0 aromatic carbocycles. The van der Waals surface area contributed by atoms with Crippen LogP contribution in [0.25, 0.3) is 0 Å². The van der Waals surface area contributed by atoms with Crippen molar-refractivity contribution in [3.8, 4) is 0 Å². The monoisotopic (exact) mass is 187 g/mol. The lowest BCUT2D eigenvalue weighted by atomic mass is 10.2. The maximum absolute atomic E-state index is 4.32. The summed E-state index contributed by atoms with van der Waals surface area (Å²) < 4.78 is 1.39. The molecule has 0 spiro atoms. The molecular weight excluding hydrogens is 174 g/mol. The Bertz CT molecular complexity index is 208. The van der Waals surface area contributed by atoms with E-state index in [9.17, 15) is 0 Å². The molecule has 11 heavy (non-hydrogen) atoms. The second-order valence-electron chi connectivity index (χ2n) is 2.39. The van der Waals surface area contributed by atoms with Crippen LogP contribution < -0.4 is 0 Å². The van der Waals surface area contributed by atoms with E-state index in [0.717, 1.165) is 6.42 Å². The van der Waals surface area contributed by atoms with Crippen molar-refractivity contribution in [1.29, 1.82) is 0 Å². The summed E-state index contributed by atoms with van der Waals surface area (Å²) in [6.07, 6.45) is 5.78. The molecule has 0 aliphatic carbocycles. The average molecular weight is 187 g/mol. The van der Waals surface area contributed by atoms with Crippen LogP contribution in [0.4, 0.5) is 0 Å². The van der Waals surface area contributed by atoms with Gasteiger partial charge in [-0.25, -0.2) is 4.98 Å². The molecule has 0 atom stereocenters. The van der Waals surface area contributed by atoms with E-state index in [1.165, 1.54) is 22.7 Å². The number of aromatic nitrogens is 1. The van der Waals surface area contributed by atoms with Crippen molar-refractivity contribution in [3.63, 3.8) is 0 Å². The maximum Gasteiger partial charge on any atom is 0.0827 e. The molecule has 0 aliphatic heterocycles. The third kappa shape index (κ3) is 2.49. The topological polar surface area (TPSA) is 12.9 Å². The van der Waals surface area contributed by atoms with Crippen molar-refractivity contribution in [1.82, 2.24) is 4.98 Å². The van der Waals surface area contributed by atoms with E-state index in [1.807, 2.05) is 17.3 Å². The average Bonchev–Trinajstić information content (AvgIpc) is 2.47. The third-order valence-corrected chi connectivity index (χ3v) is 3.61. The Labute approximate surface area is 76.2 Å². The quantitative estimate of drug-likeness (QED) is 0.671. The SMILES string of the molecule is CCCCc1ncsc1SC. The number of hydrogen-bond acceptors (Lipinski definition) is 3. The smallest absolute Gasteiger partial charge is 0.0827 e. The van der Waals surface area contributed by atoms with Gasteiger partial charge in [-0.05, 0) is 19.1 Å². The molecule has 0 aliphatic rings. The summed E-state index contributed by atoms with van der Waals surface area (Å²) in [5.74, 6) is 0. The van der Waals surface area contributed by atoms with Crippen LogP contribution in [0, 0.1) is 0 Å². The Morgan fingerprint density at radius 1 is 1.64 bits per heavy atom. The number of nitrogens with zero attached hydrogens (tertiary/aromatic N) is 1. The molecule has 62 valence electrons. The molecule has 0 fully saturated rings. The predicted octanol–water partition coefficient (Wildman–Crippen LogP) is 3.21. The molecule has 0 saturated carbocycles. The summed E-state index contributed by atoms with van der Waals surface area (Å²) in [4.78, 5) is 4.32. The van der Waals surface area contributed by atoms with Crippen LogP contribution >= 0.6 is 23.1 Å². The van der Waals surface area contributed by atoms with Gasteiger partial charge in [0.15, 0.2) is 0 Å². The van der Waals surface area contributed by atoms with Crippen LogP contribution in [0.2, 0.25) is 0 Å². The first-order chi connectivity index (χ1) is 5.38. The van der Waals surface area contributed by atoms with E-state index in [4.69, 9.17) is 0 Å². The van der Waals surface area contributed by atoms with Crippen molar-refractivity contribution in [2.24, 2.45) is 0 Å². The van der Waals surface area contributed by atoms with E-state index in [0.29, 0.717) is 0 Å². The van der Waals surface area contributed by atoms with Gasteiger partial charge in [0, 0.05) is 0 Å². The van der Waals surface area contributed by atoms with Crippen molar-refractivity contribution in [2.45, 2.75) is 30.4 Å². The van der Waals surface area contributed by atoms with Gasteiger partial charge in [-0.3, -0.25) is 0 Å². The first-order valence-corrected chi connectivity index (χ1v) is 5.95. The minimum Gasteiger partial charge on any atom is -0.249 e. The van der Waals surface area contributed by atoms with Gasteiger partial charge in [0.1, 0.15) is 0 Å². The highest BCUT2D eigenvalue weighted by molar-refractivity contribution is 8.00. The summed E-state index contributed by atoms with van der Waals surface area (Å²) in [6, 6.07) is 0. The lowest BCUT2D eigenvalue weighted by Gasteiger charge is -1.96. The fourth-order valence-electron chi connectivity index (χ4n) is 0.935. The third-order valence-electron chi connectivity index (χ3n) is 1.56. The lowest BCUT2D eigenvalue weighted by Crippen LogP contribution is -1.85. The van der Waals surface area contributed by atoms with E-state index >= 15 is 0 Å². The minimum atomic E-state index is 1.15. The molecule has 0 unspecified atom stereocenters. The van der Waals surface area contributed by atoms with Gasteiger partial charge >= 0.3 is 0 Å². The maximum atomic E-state index is 4.32. The van der Waals surface area contributed by atoms with Crippen molar-refractivity contribution in [3.05, 3.63) is 11.2 Å². The fourth-order valence-corrected chi connectivity index (χ4v) is 2.41. The molecule has 3 heteroatoms. The standard InChI is InChI=1S/C8H13NS2/c1-3-4-5-7-8(10-2)11-6-9-7/h6H,3-5H2,1-2H3. The summed E-state index contributed by atoms with van der Waals surface area (Å²) in [5.41, 5.74) is 3.24. The van der Waals surface area contributed by atoms with Gasteiger partial charge in [0.05, 0.1) is 15.4 Å². The summed E-state index contributed by atoms with van der Waals surface area (Å²) in [6.45, 7) is 2.21. The normalized spacial score (nSPS) is 10.4. The minimum absolute atomic E-state index is 1.15. The van der Waals surface area contributed by atoms with E-state index < -0.39 is 0 Å². The first kappa shape index (κ1) is 9.07. The van der Waals surface area contributed by atoms with E-state index in [2.05, 4.69) is 18.2 Å². The second kappa shape index (κ2) is 4.78. The van der Waals surface area contributed by atoms with Crippen LogP contribution in [0.5, 0.6) is 0 Å². The summed E-state index contributed by atoms with van der Waals surface area (Å²) in [5, 5.41) is 0. The van der Waals surface area contributed by atoms with Gasteiger partial charge in [0.2, 0.25) is 0 Å². The van der Waals surface area contributed by atoms with Crippen molar-refractivity contribution < 1.29 is 0 Å². The highest BCUT2D eigenvalue weighted by Gasteiger charge is 2.02. The van der Waals surface area contributed by atoms with E-state index in [-0.39, 0.29) is 0 Å². The van der Waals surface area contributed by atoms with Crippen LogP contribution in [0.15, 0.2) is 9.72 Å². The van der Waals surface area contributed by atoms with Gasteiger partial charge < -0.3 is 0 Å². The Morgan fingerprint density at radius 2 is 2.45 bits per heavy atom. The predicted molar refractivity (Wildman–Crippen MR) is 52.5 cm³/mol. The molecule has 1 nitrogen and oxygen atoms in total. The molecule has 1 rings (SSSR count). The molecule has 1 aromatic rings. The van der Waals surface area contributed by atoms with Crippen LogP contribution in [-0.2, 0) is 6.42 Å². The summed E-state index contributed by atoms with van der Waals surface area (Å²) >= 11 is 3.56. The fraction of sp³-hybridized carbons (Fsp3) is 0.625. The molecular formula is C8H13NS2. The molecule has 0 radical (unpaired) electrons. The van der Waals surface area contributed by atoms with Crippen LogP contribution in [0.1, 0.15) is 25.5 Å². The number of aryl methyl sites for hydroxylation is 1. The van der Waals surface area contributed by atoms with Gasteiger partial charge in [-0.2, -0.15) is 0 Å². The zero-order chi connectivity index (χ0) is 8.10. The Balaban J connectivity index is 2.54. The number of hydrogen-bond donors (Lipinski definition) is 0. The molecule has 1 aromatic heterocycles. The summed E-state index contributed by atoms with van der Waals surface area (Å²) in [7, 11) is 0. The second-order valence-corrected chi connectivity index (χ2v) is 4.32. The highest BCUT2D eigenvalue weighted by atomic mass is 32.2. The number of thioether (sulfide) groups is 1. The largest absolute Gasteiger partial charge is 0.249 e. The van der Waals surface area contributed by atoms with Gasteiger partial charge in [0.25, 0.3) is 0 Å². The zero-order valence-electron chi connectivity index (χ0n) is 6.96. The first-order valence-electron chi connectivity index (χ1n) is 3.84. The Kier molecular flexibility index (Phi) is 3.94. The van der Waals surface area contributed by atoms with Gasteiger partial charge in [-0.15, -0.1) is 23.1 Å². The van der Waals surface area contributed by atoms with Crippen molar-refractivity contribution in [2.75, 3.05) is 6.26 Å². The van der Waals surface area contributed by atoms with E-state index in [1.54, 1.807) is 11.3 Å². The zero-order valence-corrected chi connectivity index (χ0v) is 8.60. The molecule has 0 bridgehead atoms. The Hall–Kier alpha value is -0.0200. The van der Waals surface area contributed by atoms with Crippen LogP contribution in [0.3, 0.4) is 0 Å². The van der Waals surface area contributed by atoms with Gasteiger partial charge in [-0.1, -0.05) is 13.3 Å². The Morgan fingerprint density at radius 3 is 3.09 bits per heavy atom. The number of rotatable bonds is 4. The number of thiazole rings is 1. The van der Waals surface area contributed by atoms with Crippen LogP contribution in [-0.4, -0.2) is 11.2 Å². The highest BCUT2D eigenvalue weighted by Crippen LogP contribution is 2.25. The molecule has 1 heterocycles. The molecule has 0 amide bonds. The lowest BCUT2D eigenvalue weighted by molar-refractivity contribution is 0.772. The molecule has 0 N–H and O–H groups in total. The molecule has 0 saturated heterocycles.